The molecule has 0 bridgehead atoms. The van der Waals surface area contributed by atoms with Crippen molar-refractivity contribution in [3.63, 3.8) is 0 Å². The van der Waals surface area contributed by atoms with Crippen molar-refractivity contribution in [3.8, 4) is 5.75 Å². The Morgan fingerprint density at radius 1 is 1.10 bits per heavy atom. The molecule has 6 nitrogen and oxygen atoms in total. The molecule has 0 atom stereocenters. The fraction of sp³-hybridized carbons (Fsp3) is 0.421. The smallest absolute Gasteiger partial charge is 0.416 e. The van der Waals surface area contributed by atoms with E-state index in [9.17, 15) is 26.4 Å². The van der Waals surface area contributed by atoms with Gasteiger partial charge in [0.1, 0.15) is 16.6 Å². The molecule has 2 heterocycles. The van der Waals surface area contributed by atoms with Gasteiger partial charge in [-0.25, -0.2) is 8.42 Å². The fourth-order valence-corrected chi connectivity index (χ4v) is 5.99. The van der Waals surface area contributed by atoms with Crippen LogP contribution in [0.3, 0.4) is 0 Å². The van der Waals surface area contributed by atoms with Crippen molar-refractivity contribution >= 4 is 27.3 Å². The first-order valence-electron chi connectivity index (χ1n) is 9.32. The van der Waals surface area contributed by atoms with Crippen LogP contribution in [0, 0.1) is 0 Å². The monoisotopic (exact) mass is 462 g/mol. The molecule has 0 aliphatic carbocycles. The van der Waals surface area contributed by atoms with Gasteiger partial charge < -0.3 is 10.1 Å². The van der Waals surface area contributed by atoms with Gasteiger partial charge in [0.15, 0.2) is 0 Å². The van der Waals surface area contributed by atoms with Crippen molar-refractivity contribution in [2.75, 3.05) is 26.2 Å². The predicted octanol–water partition coefficient (Wildman–Crippen LogP) is 3.29. The highest BCUT2D eigenvalue weighted by molar-refractivity contribution is 7.91. The normalized spacial score (nSPS) is 15.3. The van der Waals surface area contributed by atoms with Crippen molar-refractivity contribution < 1.29 is 31.1 Å². The molecule has 1 aromatic heterocycles. The maximum atomic E-state index is 12.5. The number of carbonyl (C=O) groups excluding carboxylic acids is 1. The summed E-state index contributed by atoms with van der Waals surface area (Å²) in [5.41, 5.74) is -0.759. The number of nitrogens with zero attached hydrogens (tertiary/aromatic N) is 1. The highest BCUT2D eigenvalue weighted by Gasteiger charge is 2.30. The number of alkyl halides is 3. The summed E-state index contributed by atoms with van der Waals surface area (Å²) in [6.07, 6.45) is -2.65. The van der Waals surface area contributed by atoms with Gasteiger partial charge in [-0.2, -0.15) is 17.5 Å². The van der Waals surface area contributed by atoms with Crippen LogP contribution in [0.1, 0.15) is 23.3 Å². The first-order chi connectivity index (χ1) is 14.2. The van der Waals surface area contributed by atoms with Crippen LogP contribution in [0.15, 0.2) is 40.6 Å². The molecule has 11 heteroatoms. The summed E-state index contributed by atoms with van der Waals surface area (Å²) in [5.74, 6) is -0.0229. The summed E-state index contributed by atoms with van der Waals surface area (Å²) >= 11 is 1.08. The lowest BCUT2D eigenvalue weighted by Gasteiger charge is -2.13. The predicted molar refractivity (Wildman–Crippen MR) is 106 cm³/mol. The Bertz CT molecular complexity index is 966. The zero-order valence-electron chi connectivity index (χ0n) is 15.9. The molecule has 0 unspecified atom stereocenters. The third kappa shape index (κ3) is 5.73. The Hall–Kier alpha value is -2.11. The molecule has 1 fully saturated rings. The second kappa shape index (κ2) is 9.36. The molecule has 30 heavy (non-hydrogen) atoms. The van der Waals surface area contributed by atoms with Crippen LogP contribution in [0.4, 0.5) is 13.2 Å². The van der Waals surface area contributed by atoms with Crippen molar-refractivity contribution in [1.82, 2.24) is 9.62 Å². The minimum Gasteiger partial charge on any atom is -0.492 e. The summed E-state index contributed by atoms with van der Waals surface area (Å²) in [4.78, 5) is 12.7. The van der Waals surface area contributed by atoms with Crippen molar-refractivity contribution in [2.24, 2.45) is 0 Å². The lowest BCUT2D eigenvalue weighted by molar-refractivity contribution is -0.137. The average molecular weight is 463 g/mol. The SMILES string of the molecule is O=C(Cc1ccc(S(=O)(=O)N2CCCC2)s1)NCCOc1ccc(C(F)(F)F)cc1. The molecular formula is C19H21F3N2O4S2. The summed E-state index contributed by atoms with van der Waals surface area (Å²) < 4.78 is 69.6. The maximum absolute atomic E-state index is 12.5. The number of carbonyl (C=O) groups is 1. The van der Waals surface area contributed by atoms with Crippen LogP contribution < -0.4 is 10.1 Å². The Balaban J connectivity index is 1.42. The molecule has 1 amide bonds. The quantitative estimate of drug-likeness (QED) is 0.611. The molecule has 0 spiro atoms. The van der Waals surface area contributed by atoms with E-state index in [0.29, 0.717) is 18.0 Å². The van der Waals surface area contributed by atoms with Gasteiger partial charge in [0.2, 0.25) is 5.91 Å². The second-order valence-corrected chi connectivity index (χ2v) is 10.1. The third-order valence-electron chi connectivity index (χ3n) is 4.51. The second-order valence-electron chi connectivity index (χ2n) is 6.73. The summed E-state index contributed by atoms with van der Waals surface area (Å²) in [7, 11) is -3.49. The Labute approximate surface area is 176 Å². The van der Waals surface area contributed by atoms with Gasteiger partial charge in [-0.15, -0.1) is 11.3 Å². The summed E-state index contributed by atoms with van der Waals surface area (Å²) in [5, 5.41) is 2.64. The van der Waals surface area contributed by atoms with Gasteiger partial charge in [-0.3, -0.25) is 4.79 Å². The lowest BCUT2D eigenvalue weighted by atomic mass is 10.2. The van der Waals surface area contributed by atoms with E-state index in [2.05, 4.69) is 5.32 Å². The van der Waals surface area contributed by atoms with E-state index in [4.69, 9.17) is 4.74 Å². The standard InChI is InChI=1S/C19H21F3N2O4S2/c20-19(21,22)14-3-5-15(6-4-14)28-12-9-23-17(25)13-16-7-8-18(29-16)30(26,27)24-10-1-2-11-24/h3-8H,1-2,9-13H2,(H,23,25). The van der Waals surface area contributed by atoms with Gasteiger partial charge in [0.05, 0.1) is 18.5 Å². The Morgan fingerprint density at radius 3 is 2.40 bits per heavy atom. The number of hydrogen-bond acceptors (Lipinski definition) is 5. The molecule has 164 valence electrons. The molecule has 2 aromatic rings. The van der Waals surface area contributed by atoms with Gasteiger partial charge in [-0.05, 0) is 49.2 Å². The highest BCUT2D eigenvalue weighted by atomic mass is 32.2. The number of halogens is 3. The number of sulfonamides is 1. The Morgan fingerprint density at radius 2 is 1.77 bits per heavy atom. The molecule has 1 aromatic carbocycles. The van der Waals surface area contributed by atoms with Crippen molar-refractivity contribution in [2.45, 2.75) is 29.6 Å². The van der Waals surface area contributed by atoms with Crippen LogP contribution in [0.2, 0.25) is 0 Å². The summed E-state index contributed by atoms with van der Waals surface area (Å²) in [6.45, 7) is 1.31. The number of amides is 1. The van der Waals surface area contributed by atoms with E-state index in [1.807, 2.05) is 0 Å². The average Bonchev–Trinajstić information content (AvgIpc) is 3.37. The van der Waals surface area contributed by atoms with Gasteiger partial charge in [-0.1, -0.05) is 0 Å². The molecule has 0 radical (unpaired) electrons. The zero-order valence-corrected chi connectivity index (χ0v) is 17.6. The first-order valence-corrected chi connectivity index (χ1v) is 11.6. The lowest BCUT2D eigenvalue weighted by Crippen LogP contribution is -2.29. The molecule has 3 rings (SSSR count). The molecule has 0 saturated carbocycles. The minimum atomic E-state index is -4.40. The van der Waals surface area contributed by atoms with Crippen LogP contribution in [-0.4, -0.2) is 44.9 Å². The molecule has 1 aliphatic heterocycles. The highest BCUT2D eigenvalue weighted by Crippen LogP contribution is 2.30. The van der Waals surface area contributed by atoms with Gasteiger partial charge in [0, 0.05) is 18.0 Å². The number of ether oxygens (including phenoxy) is 1. The van der Waals surface area contributed by atoms with Gasteiger partial charge >= 0.3 is 6.18 Å². The largest absolute Gasteiger partial charge is 0.492 e. The van der Waals surface area contributed by atoms with Crippen LogP contribution in [0.25, 0.3) is 0 Å². The fourth-order valence-electron chi connectivity index (χ4n) is 2.97. The topological polar surface area (TPSA) is 75.7 Å². The van der Waals surface area contributed by atoms with E-state index in [0.717, 1.165) is 36.3 Å². The van der Waals surface area contributed by atoms with Gasteiger partial charge in [0.25, 0.3) is 10.0 Å². The number of rotatable bonds is 8. The summed E-state index contributed by atoms with van der Waals surface area (Å²) in [6, 6.07) is 7.45. The van der Waals surface area contributed by atoms with E-state index in [1.165, 1.54) is 22.5 Å². The first kappa shape index (κ1) is 22.6. The van der Waals surface area contributed by atoms with E-state index in [-0.39, 0.29) is 35.4 Å². The zero-order chi connectivity index (χ0) is 21.8. The Kier molecular flexibility index (Phi) is 7.04. The van der Waals surface area contributed by atoms with E-state index >= 15 is 0 Å². The van der Waals surface area contributed by atoms with Crippen molar-refractivity contribution in [3.05, 3.63) is 46.8 Å². The number of nitrogens with one attached hydrogen (secondary N) is 1. The molecule has 1 N–H and O–H groups in total. The molecule has 1 aliphatic rings. The molecular weight excluding hydrogens is 441 g/mol. The minimum absolute atomic E-state index is 0.0421. The van der Waals surface area contributed by atoms with Crippen molar-refractivity contribution in [1.29, 1.82) is 0 Å². The number of benzene rings is 1. The van der Waals surface area contributed by atoms with E-state index < -0.39 is 21.8 Å². The number of thiophene rings is 1. The molecule has 1 saturated heterocycles. The van der Waals surface area contributed by atoms with E-state index in [1.54, 1.807) is 6.07 Å². The van der Waals surface area contributed by atoms with Crippen LogP contribution in [-0.2, 0) is 27.4 Å². The maximum Gasteiger partial charge on any atom is 0.416 e. The van der Waals surface area contributed by atoms with Crippen LogP contribution >= 0.6 is 11.3 Å². The van der Waals surface area contributed by atoms with Crippen LogP contribution in [0.5, 0.6) is 5.75 Å². The third-order valence-corrected chi connectivity index (χ3v) is 7.96. The number of hydrogen-bond donors (Lipinski definition) is 1.